The number of aliphatic imine (C=N–C) groups is 1. The third kappa shape index (κ3) is 0.939. The van der Waals surface area contributed by atoms with Gasteiger partial charge in [-0.15, -0.1) is 0 Å². The van der Waals surface area contributed by atoms with Crippen LogP contribution in [0.3, 0.4) is 0 Å². The molecule has 2 aliphatic rings. The summed E-state index contributed by atoms with van der Waals surface area (Å²) in [7, 11) is 0. The summed E-state index contributed by atoms with van der Waals surface area (Å²) in [4.78, 5) is 4.23. The highest BCUT2D eigenvalue weighted by molar-refractivity contribution is 5.80. The largest absolute Gasteiger partial charge is 0.376 e. The van der Waals surface area contributed by atoms with Crippen molar-refractivity contribution in [2.75, 3.05) is 5.32 Å². The highest BCUT2D eigenvalue weighted by Crippen LogP contribution is 2.40. The van der Waals surface area contributed by atoms with Gasteiger partial charge in [0.15, 0.2) is 0 Å². The minimum Gasteiger partial charge on any atom is -0.376 e. The fraction of sp³-hybridized carbons (Fsp3) is 0.250. The van der Waals surface area contributed by atoms with Crippen molar-refractivity contribution in [2.45, 2.75) is 18.9 Å². The van der Waals surface area contributed by atoms with E-state index in [9.17, 15) is 0 Å². The first-order valence-corrected chi connectivity index (χ1v) is 4.92. The molecule has 0 saturated heterocycles. The molecule has 2 nitrogen and oxygen atoms in total. The SMILES string of the molecule is CC1=CN=CC2Nc3ccccc3C12. The van der Waals surface area contributed by atoms with Crippen molar-refractivity contribution in [3.63, 3.8) is 0 Å². The number of nitrogens with one attached hydrogen (secondary N) is 1. The molecule has 0 spiro atoms. The van der Waals surface area contributed by atoms with Gasteiger partial charge < -0.3 is 5.32 Å². The van der Waals surface area contributed by atoms with Gasteiger partial charge in [0.1, 0.15) is 0 Å². The highest BCUT2D eigenvalue weighted by atomic mass is 15.0. The van der Waals surface area contributed by atoms with Gasteiger partial charge in [0, 0.05) is 24.0 Å². The normalized spacial score (nSPS) is 27.6. The number of anilines is 1. The molecule has 3 rings (SSSR count). The molecule has 0 aromatic heterocycles. The molecule has 2 atom stereocenters. The van der Waals surface area contributed by atoms with E-state index in [1.165, 1.54) is 16.8 Å². The Hall–Kier alpha value is -1.57. The number of hydrogen-bond donors (Lipinski definition) is 1. The molecule has 14 heavy (non-hydrogen) atoms. The molecule has 2 heteroatoms. The smallest absolute Gasteiger partial charge is 0.0723 e. The standard InChI is InChI=1S/C12H12N2/c1-8-6-13-7-11-12(8)9-4-2-3-5-10(9)14-11/h2-7,11-12,14H,1H3. The Labute approximate surface area is 83.4 Å². The number of benzene rings is 1. The van der Waals surface area contributed by atoms with E-state index in [1.807, 2.05) is 12.4 Å². The maximum absolute atomic E-state index is 4.23. The summed E-state index contributed by atoms with van der Waals surface area (Å²) in [6.07, 6.45) is 3.96. The van der Waals surface area contributed by atoms with Crippen LogP contribution in [0.4, 0.5) is 5.69 Å². The molecule has 2 heterocycles. The van der Waals surface area contributed by atoms with Gasteiger partial charge in [-0.3, -0.25) is 4.99 Å². The molecule has 2 unspecified atom stereocenters. The summed E-state index contributed by atoms with van der Waals surface area (Å²) in [5.74, 6) is 0.490. The molecule has 0 aliphatic carbocycles. The van der Waals surface area contributed by atoms with Crippen molar-refractivity contribution in [1.29, 1.82) is 0 Å². The lowest BCUT2D eigenvalue weighted by molar-refractivity contribution is 0.793. The monoisotopic (exact) mass is 184 g/mol. The van der Waals surface area contributed by atoms with Crippen LogP contribution >= 0.6 is 0 Å². The van der Waals surface area contributed by atoms with Gasteiger partial charge in [0.2, 0.25) is 0 Å². The van der Waals surface area contributed by atoms with Gasteiger partial charge in [-0.05, 0) is 24.1 Å². The van der Waals surface area contributed by atoms with E-state index in [1.54, 1.807) is 0 Å². The molecular formula is C12H12N2. The fourth-order valence-electron chi connectivity index (χ4n) is 2.34. The van der Waals surface area contributed by atoms with E-state index in [0.717, 1.165) is 0 Å². The van der Waals surface area contributed by atoms with Crippen molar-refractivity contribution in [1.82, 2.24) is 0 Å². The Morgan fingerprint density at radius 1 is 1.29 bits per heavy atom. The van der Waals surface area contributed by atoms with Crippen molar-refractivity contribution >= 4 is 11.9 Å². The number of fused-ring (bicyclic) bond motifs is 3. The molecule has 1 N–H and O–H groups in total. The average Bonchev–Trinajstić information content (AvgIpc) is 2.57. The van der Waals surface area contributed by atoms with Crippen LogP contribution in [0.1, 0.15) is 18.4 Å². The van der Waals surface area contributed by atoms with Gasteiger partial charge in [-0.25, -0.2) is 0 Å². The van der Waals surface area contributed by atoms with Gasteiger partial charge in [-0.2, -0.15) is 0 Å². The van der Waals surface area contributed by atoms with Crippen LogP contribution in [0.2, 0.25) is 0 Å². The predicted octanol–water partition coefficient (Wildman–Crippen LogP) is 2.55. The van der Waals surface area contributed by atoms with Crippen LogP contribution in [0.25, 0.3) is 0 Å². The zero-order valence-electron chi connectivity index (χ0n) is 8.07. The van der Waals surface area contributed by atoms with E-state index in [4.69, 9.17) is 0 Å². The zero-order valence-corrected chi connectivity index (χ0v) is 8.07. The highest BCUT2D eigenvalue weighted by Gasteiger charge is 2.32. The van der Waals surface area contributed by atoms with Gasteiger partial charge in [0.25, 0.3) is 0 Å². The lowest BCUT2D eigenvalue weighted by Crippen LogP contribution is -2.24. The maximum atomic E-state index is 4.23. The van der Waals surface area contributed by atoms with Gasteiger partial charge >= 0.3 is 0 Å². The minimum atomic E-state index is 0.359. The van der Waals surface area contributed by atoms with E-state index >= 15 is 0 Å². The van der Waals surface area contributed by atoms with E-state index in [2.05, 4.69) is 41.5 Å². The topological polar surface area (TPSA) is 24.4 Å². The Morgan fingerprint density at radius 2 is 2.14 bits per heavy atom. The number of rotatable bonds is 0. The van der Waals surface area contributed by atoms with Gasteiger partial charge in [0.05, 0.1) is 6.04 Å². The lowest BCUT2D eigenvalue weighted by atomic mass is 9.88. The number of para-hydroxylation sites is 1. The van der Waals surface area contributed by atoms with Crippen molar-refractivity contribution < 1.29 is 0 Å². The molecule has 0 fully saturated rings. The number of hydrogen-bond acceptors (Lipinski definition) is 2. The lowest BCUT2D eigenvalue weighted by Gasteiger charge is -2.19. The molecular weight excluding hydrogens is 172 g/mol. The molecule has 0 bridgehead atoms. The van der Waals surface area contributed by atoms with Crippen LogP contribution in [-0.4, -0.2) is 12.3 Å². The second-order valence-corrected chi connectivity index (χ2v) is 3.91. The van der Waals surface area contributed by atoms with Crippen LogP contribution < -0.4 is 5.32 Å². The van der Waals surface area contributed by atoms with Crippen LogP contribution in [0, 0.1) is 0 Å². The summed E-state index contributed by atoms with van der Waals surface area (Å²) in [6, 6.07) is 8.86. The maximum Gasteiger partial charge on any atom is 0.0723 e. The first-order chi connectivity index (χ1) is 6.86. The first-order valence-electron chi connectivity index (χ1n) is 4.92. The molecule has 2 aliphatic heterocycles. The van der Waals surface area contributed by atoms with E-state index in [0.29, 0.717) is 12.0 Å². The van der Waals surface area contributed by atoms with Crippen LogP contribution in [0.5, 0.6) is 0 Å². The Bertz CT molecular complexity index is 432. The van der Waals surface area contributed by atoms with Gasteiger partial charge in [-0.1, -0.05) is 18.2 Å². The fourth-order valence-corrected chi connectivity index (χ4v) is 2.34. The quantitative estimate of drug-likeness (QED) is 0.658. The van der Waals surface area contributed by atoms with Crippen molar-refractivity contribution in [3.8, 4) is 0 Å². The molecule has 1 aromatic carbocycles. The van der Waals surface area contributed by atoms with E-state index in [-0.39, 0.29) is 0 Å². The molecule has 70 valence electrons. The summed E-state index contributed by atoms with van der Waals surface area (Å²) in [5, 5.41) is 3.48. The summed E-state index contributed by atoms with van der Waals surface area (Å²) >= 11 is 0. The molecule has 1 aromatic rings. The third-order valence-electron chi connectivity index (χ3n) is 2.99. The van der Waals surface area contributed by atoms with E-state index < -0.39 is 0 Å². The Morgan fingerprint density at radius 3 is 3.07 bits per heavy atom. The Balaban J connectivity index is 2.14. The Kier molecular flexibility index (Phi) is 1.51. The second kappa shape index (κ2) is 2.71. The minimum absolute atomic E-state index is 0.359. The molecule has 0 amide bonds. The van der Waals surface area contributed by atoms with Crippen molar-refractivity contribution in [2.24, 2.45) is 4.99 Å². The summed E-state index contributed by atoms with van der Waals surface area (Å²) in [5.41, 5.74) is 4.00. The first kappa shape index (κ1) is 7.80. The van der Waals surface area contributed by atoms with Crippen LogP contribution in [0.15, 0.2) is 41.0 Å². The summed E-state index contributed by atoms with van der Waals surface area (Å²) < 4.78 is 0. The molecule has 0 radical (unpaired) electrons. The number of nitrogens with zero attached hydrogens (tertiary/aromatic N) is 1. The van der Waals surface area contributed by atoms with Crippen LogP contribution in [-0.2, 0) is 0 Å². The summed E-state index contributed by atoms with van der Waals surface area (Å²) in [6.45, 7) is 2.15. The zero-order chi connectivity index (χ0) is 9.54. The third-order valence-corrected chi connectivity index (χ3v) is 2.99. The average molecular weight is 184 g/mol. The second-order valence-electron chi connectivity index (χ2n) is 3.91. The predicted molar refractivity (Wildman–Crippen MR) is 58.8 cm³/mol. The van der Waals surface area contributed by atoms with Crippen molar-refractivity contribution in [3.05, 3.63) is 41.6 Å². The molecule has 0 saturated carbocycles.